The van der Waals surface area contributed by atoms with Crippen molar-refractivity contribution in [2.75, 3.05) is 17.2 Å². The van der Waals surface area contributed by atoms with Crippen LogP contribution in [0.15, 0.2) is 17.0 Å². The normalized spacial score (nSPS) is 13.2. The summed E-state index contributed by atoms with van der Waals surface area (Å²) in [6.45, 7) is 9.05. The van der Waals surface area contributed by atoms with Crippen molar-refractivity contribution >= 4 is 21.4 Å². The second kappa shape index (κ2) is 7.13. The van der Waals surface area contributed by atoms with Gasteiger partial charge in [0.1, 0.15) is 0 Å². The number of sulfonamides is 1. The Balaban J connectivity index is 3.40. The Morgan fingerprint density at radius 1 is 1.29 bits per heavy atom. The first kappa shape index (κ1) is 17.8. The second-order valence-electron chi connectivity index (χ2n) is 5.51. The average molecular weight is 313 g/mol. The van der Waals surface area contributed by atoms with Gasteiger partial charge in [-0.15, -0.1) is 0 Å². The predicted octanol–water partition coefficient (Wildman–Crippen LogP) is 2.63. The summed E-state index contributed by atoms with van der Waals surface area (Å²) in [4.78, 5) is 2.34. The van der Waals surface area contributed by atoms with Crippen LogP contribution in [0.2, 0.25) is 0 Å². The zero-order chi connectivity index (χ0) is 16.2. The van der Waals surface area contributed by atoms with Crippen LogP contribution in [0, 0.1) is 6.92 Å². The third-order valence-corrected chi connectivity index (χ3v) is 4.88. The lowest BCUT2D eigenvalue weighted by Crippen LogP contribution is -2.34. The highest BCUT2D eigenvalue weighted by Gasteiger charge is 2.21. The van der Waals surface area contributed by atoms with E-state index in [1.807, 2.05) is 6.07 Å². The fourth-order valence-corrected chi connectivity index (χ4v) is 3.25. The fourth-order valence-electron chi connectivity index (χ4n) is 2.41. The van der Waals surface area contributed by atoms with Crippen LogP contribution < -0.4 is 15.8 Å². The molecule has 0 saturated carbocycles. The van der Waals surface area contributed by atoms with E-state index in [4.69, 9.17) is 10.9 Å². The summed E-state index contributed by atoms with van der Waals surface area (Å²) in [5.74, 6) is 0. The van der Waals surface area contributed by atoms with Crippen LogP contribution in [0.25, 0.3) is 0 Å². The summed E-state index contributed by atoms with van der Waals surface area (Å²) in [5, 5.41) is 5.30. The van der Waals surface area contributed by atoms with Crippen molar-refractivity contribution in [2.24, 2.45) is 5.14 Å². The molecule has 21 heavy (non-hydrogen) atoms. The molecule has 0 saturated heterocycles. The van der Waals surface area contributed by atoms with Crippen LogP contribution >= 0.6 is 0 Å². The van der Waals surface area contributed by atoms with Gasteiger partial charge in [0.25, 0.3) is 0 Å². The Morgan fingerprint density at radius 2 is 1.90 bits per heavy atom. The molecule has 1 unspecified atom stereocenters. The minimum Gasteiger partial charge on any atom is -0.399 e. The molecule has 0 bridgehead atoms. The number of benzene rings is 1. The van der Waals surface area contributed by atoms with E-state index in [1.165, 1.54) is 6.07 Å². The summed E-state index contributed by atoms with van der Waals surface area (Å²) in [5.41, 5.74) is 7.84. The molecule has 4 N–H and O–H groups in total. The van der Waals surface area contributed by atoms with Crippen molar-refractivity contribution < 1.29 is 8.42 Å². The van der Waals surface area contributed by atoms with E-state index in [0.717, 1.165) is 31.5 Å². The molecule has 1 aromatic rings. The van der Waals surface area contributed by atoms with Crippen molar-refractivity contribution in [1.29, 1.82) is 0 Å². The molecule has 1 rings (SSSR count). The van der Waals surface area contributed by atoms with Crippen LogP contribution in [0.4, 0.5) is 11.4 Å². The van der Waals surface area contributed by atoms with Crippen LogP contribution in [-0.4, -0.2) is 21.0 Å². The van der Waals surface area contributed by atoms with Gasteiger partial charge in [-0.25, -0.2) is 13.6 Å². The molecule has 0 aliphatic rings. The van der Waals surface area contributed by atoms with E-state index in [0.29, 0.717) is 17.3 Å². The quantitative estimate of drug-likeness (QED) is 0.757. The predicted molar refractivity (Wildman–Crippen MR) is 89.0 cm³/mol. The minimum atomic E-state index is -3.77. The molecule has 1 atom stereocenters. The van der Waals surface area contributed by atoms with Crippen LogP contribution in [0.5, 0.6) is 0 Å². The fraction of sp³-hybridized carbons (Fsp3) is 0.600. The molecular weight excluding hydrogens is 286 g/mol. The number of unbranched alkanes of at least 4 members (excludes halogenated alkanes) is 1. The number of hydrogen-bond donors (Lipinski definition) is 2. The number of primary sulfonamides is 1. The van der Waals surface area contributed by atoms with Gasteiger partial charge in [-0.2, -0.15) is 0 Å². The minimum absolute atomic E-state index is 0.113. The monoisotopic (exact) mass is 313 g/mol. The molecule has 0 aliphatic heterocycles. The highest BCUT2D eigenvalue weighted by Crippen LogP contribution is 2.31. The first-order valence-electron chi connectivity index (χ1n) is 7.41. The Hall–Kier alpha value is -1.27. The first-order valence-corrected chi connectivity index (χ1v) is 8.96. The van der Waals surface area contributed by atoms with Crippen molar-refractivity contribution in [1.82, 2.24) is 0 Å². The molecule has 0 radical (unpaired) electrons. The molecule has 0 aromatic heterocycles. The van der Waals surface area contributed by atoms with Crippen molar-refractivity contribution in [3.8, 4) is 0 Å². The van der Waals surface area contributed by atoms with E-state index in [2.05, 4.69) is 25.7 Å². The van der Waals surface area contributed by atoms with Crippen LogP contribution in [0.1, 0.15) is 45.6 Å². The second-order valence-corrected chi connectivity index (χ2v) is 7.04. The van der Waals surface area contributed by atoms with Crippen LogP contribution in [0.3, 0.4) is 0 Å². The Morgan fingerprint density at radius 3 is 2.38 bits per heavy atom. The number of nitrogens with two attached hydrogens (primary N) is 2. The summed E-state index contributed by atoms with van der Waals surface area (Å²) in [6.07, 6.45) is 3.10. The number of rotatable bonds is 7. The van der Waals surface area contributed by atoms with E-state index in [9.17, 15) is 8.42 Å². The van der Waals surface area contributed by atoms with Gasteiger partial charge in [-0.05, 0) is 44.4 Å². The summed E-state index contributed by atoms with van der Waals surface area (Å²) in [7, 11) is -3.77. The standard InChI is InChI=1S/C15H27N3O2S/c1-5-7-8-18(11(3)6-2)14-9-13(16)10-15(12(14)4)21(17,19)20/h9-11H,5-8,16H2,1-4H3,(H2,17,19,20). The lowest BCUT2D eigenvalue weighted by Gasteiger charge is -2.33. The third kappa shape index (κ3) is 4.35. The number of hydrogen-bond acceptors (Lipinski definition) is 4. The molecular formula is C15H27N3O2S. The smallest absolute Gasteiger partial charge is 0.238 e. The number of anilines is 2. The molecule has 1 aromatic carbocycles. The van der Waals surface area contributed by atoms with Crippen molar-refractivity contribution in [3.05, 3.63) is 17.7 Å². The summed E-state index contributed by atoms with van der Waals surface area (Å²) < 4.78 is 23.5. The molecule has 0 fully saturated rings. The Labute approximate surface area is 128 Å². The molecule has 120 valence electrons. The first-order chi connectivity index (χ1) is 9.72. The van der Waals surface area contributed by atoms with E-state index < -0.39 is 10.0 Å². The van der Waals surface area contributed by atoms with Crippen molar-refractivity contribution in [3.63, 3.8) is 0 Å². The molecule has 0 heterocycles. The molecule has 5 nitrogen and oxygen atoms in total. The molecule has 6 heteroatoms. The van der Waals surface area contributed by atoms with E-state index in [1.54, 1.807) is 6.92 Å². The lowest BCUT2D eigenvalue weighted by atomic mass is 10.1. The SMILES string of the molecule is CCCCN(c1cc(N)cc(S(N)(=O)=O)c1C)C(C)CC. The van der Waals surface area contributed by atoms with Gasteiger partial charge in [0.05, 0.1) is 4.90 Å². The molecule has 0 aliphatic carbocycles. The lowest BCUT2D eigenvalue weighted by molar-refractivity contribution is 0.590. The Kier molecular flexibility index (Phi) is 6.04. The van der Waals surface area contributed by atoms with Gasteiger partial charge >= 0.3 is 0 Å². The summed E-state index contributed by atoms with van der Waals surface area (Å²) >= 11 is 0. The molecule has 0 spiro atoms. The van der Waals surface area contributed by atoms with Gasteiger partial charge < -0.3 is 10.6 Å². The van der Waals surface area contributed by atoms with Gasteiger partial charge in [0, 0.05) is 24.0 Å². The maximum atomic E-state index is 11.7. The van der Waals surface area contributed by atoms with Gasteiger partial charge in [0.15, 0.2) is 0 Å². The van der Waals surface area contributed by atoms with Gasteiger partial charge in [0.2, 0.25) is 10.0 Å². The highest BCUT2D eigenvalue weighted by atomic mass is 32.2. The van der Waals surface area contributed by atoms with E-state index in [-0.39, 0.29) is 4.90 Å². The van der Waals surface area contributed by atoms with Crippen molar-refractivity contribution in [2.45, 2.75) is 57.9 Å². The zero-order valence-electron chi connectivity index (χ0n) is 13.4. The number of nitrogen functional groups attached to an aromatic ring is 1. The summed E-state index contributed by atoms with van der Waals surface area (Å²) in [6, 6.07) is 3.58. The topological polar surface area (TPSA) is 89.4 Å². The largest absolute Gasteiger partial charge is 0.399 e. The highest BCUT2D eigenvalue weighted by molar-refractivity contribution is 7.89. The van der Waals surface area contributed by atoms with Crippen LogP contribution in [-0.2, 0) is 10.0 Å². The third-order valence-electron chi connectivity index (χ3n) is 3.85. The number of nitrogens with zero attached hydrogens (tertiary/aromatic N) is 1. The van der Waals surface area contributed by atoms with Gasteiger partial charge in [-0.1, -0.05) is 20.3 Å². The van der Waals surface area contributed by atoms with Gasteiger partial charge in [-0.3, -0.25) is 0 Å². The maximum Gasteiger partial charge on any atom is 0.238 e. The Bertz CT molecular complexity index is 585. The molecule has 0 amide bonds. The zero-order valence-corrected chi connectivity index (χ0v) is 14.2. The van der Waals surface area contributed by atoms with E-state index >= 15 is 0 Å². The maximum absolute atomic E-state index is 11.7. The average Bonchev–Trinajstić information content (AvgIpc) is 2.40.